The van der Waals surface area contributed by atoms with Crippen molar-refractivity contribution in [3.63, 3.8) is 0 Å². The summed E-state index contributed by atoms with van der Waals surface area (Å²) in [5.41, 5.74) is 11.6. The summed E-state index contributed by atoms with van der Waals surface area (Å²) >= 11 is 1.86. The lowest BCUT2D eigenvalue weighted by Gasteiger charge is -2.25. The van der Waals surface area contributed by atoms with Gasteiger partial charge >= 0.3 is 0 Å². The maximum atomic E-state index is 5.31. The molecule has 0 radical (unpaired) electrons. The standard InChI is InChI=1S/C46H31N3S/c1-4-14-30(15-5-1)39-29-40(31-16-6-2-7-17-31)48-46(47-39)38-23-12-22-36-35-27-26-32(28-43(35)50-45(36)38)34-21-13-25-42-44(34)37-20-10-11-24-41(37)49(42)33-18-8-3-9-19-33/h1-29,46-47H. The van der Waals surface area contributed by atoms with E-state index >= 15 is 0 Å². The molecule has 3 nitrogen and oxygen atoms in total. The topological polar surface area (TPSA) is 29.3 Å². The Morgan fingerprint density at radius 3 is 2.04 bits per heavy atom. The first-order valence-electron chi connectivity index (χ1n) is 17.0. The molecule has 1 aliphatic heterocycles. The van der Waals surface area contributed by atoms with Crippen molar-refractivity contribution in [1.29, 1.82) is 0 Å². The molecular formula is C46H31N3S. The molecule has 1 aliphatic rings. The predicted molar refractivity (Wildman–Crippen MR) is 212 cm³/mol. The van der Waals surface area contributed by atoms with Gasteiger partial charge in [0.05, 0.1) is 16.7 Å². The van der Waals surface area contributed by atoms with Gasteiger partial charge in [-0.2, -0.15) is 0 Å². The Hall–Kier alpha value is -6.23. The maximum absolute atomic E-state index is 5.31. The minimum absolute atomic E-state index is 0.223. The van der Waals surface area contributed by atoms with E-state index in [0.29, 0.717) is 0 Å². The van der Waals surface area contributed by atoms with Gasteiger partial charge in [-0.05, 0) is 58.7 Å². The normalized spacial score (nSPS) is 14.6. The zero-order valence-corrected chi connectivity index (χ0v) is 27.9. The molecular weight excluding hydrogens is 627 g/mol. The van der Waals surface area contributed by atoms with Gasteiger partial charge in [0.15, 0.2) is 0 Å². The number of para-hydroxylation sites is 2. The second-order valence-corrected chi connectivity index (χ2v) is 13.8. The van der Waals surface area contributed by atoms with Crippen LogP contribution < -0.4 is 5.32 Å². The van der Waals surface area contributed by atoms with Crippen molar-refractivity contribution in [3.8, 4) is 16.8 Å². The van der Waals surface area contributed by atoms with Gasteiger partial charge < -0.3 is 9.88 Å². The Kier molecular flexibility index (Phi) is 6.74. The molecule has 3 heterocycles. The summed E-state index contributed by atoms with van der Waals surface area (Å²) < 4.78 is 4.93. The number of hydrogen-bond donors (Lipinski definition) is 1. The molecule has 0 aliphatic carbocycles. The number of thiophene rings is 1. The molecule has 0 saturated heterocycles. The second-order valence-electron chi connectivity index (χ2n) is 12.8. The van der Waals surface area contributed by atoms with Crippen LogP contribution in [0, 0.1) is 0 Å². The highest BCUT2D eigenvalue weighted by atomic mass is 32.1. The molecule has 0 amide bonds. The van der Waals surface area contributed by atoms with E-state index in [1.807, 2.05) is 11.3 Å². The summed E-state index contributed by atoms with van der Waals surface area (Å²) in [7, 11) is 0. The fourth-order valence-electron chi connectivity index (χ4n) is 7.55. The molecule has 236 valence electrons. The van der Waals surface area contributed by atoms with E-state index in [2.05, 4.69) is 186 Å². The van der Waals surface area contributed by atoms with Gasteiger partial charge in [0, 0.05) is 47.9 Å². The minimum atomic E-state index is -0.223. The summed E-state index contributed by atoms with van der Waals surface area (Å²) in [4.78, 5) is 5.31. The monoisotopic (exact) mass is 657 g/mol. The molecule has 2 aromatic heterocycles. The average Bonchev–Trinajstić information content (AvgIpc) is 3.74. The van der Waals surface area contributed by atoms with Gasteiger partial charge in [-0.3, -0.25) is 4.99 Å². The molecule has 0 fully saturated rings. The van der Waals surface area contributed by atoms with Crippen LogP contribution in [0.2, 0.25) is 0 Å². The van der Waals surface area contributed by atoms with Crippen LogP contribution in [-0.4, -0.2) is 10.3 Å². The van der Waals surface area contributed by atoms with Gasteiger partial charge in [0.25, 0.3) is 0 Å². The zero-order chi connectivity index (χ0) is 33.0. The first kappa shape index (κ1) is 28.8. The summed E-state index contributed by atoms with van der Waals surface area (Å²) in [5, 5.41) is 8.87. The number of benzene rings is 7. The van der Waals surface area contributed by atoms with Crippen LogP contribution in [0.4, 0.5) is 0 Å². The van der Waals surface area contributed by atoms with E-state index in [0.717, 1.165) is 22.5 Å². The fraction of sp³-hybridized carbons (Fsp3) is 0.0217. The Balaban J connectivity index is 1.12. The third kappa shape index (κ3) is 4.68. The summed E-state index contributed by atoms with van der Waals surface area (Å²) in [6, 6.07) is 60.8. The van der Waals surface area contributed by atoms with Crippen molar-refractivity contribution in [1.82, 2.24) is 9.88 Å². The van der Waals surface area contributed by atoms with E-state index < -0.39 is 0 Å². The SMILES string of the molecule is C1=C(c2ccccc2)NC(c2cccc3c2sc2cc(-c4cccc5c4c4ccccc4n5-c4ccccc4)ccc23)N=C1c1ccccc1. The number of aromatic nitrogens is 1. The molecule has 1 unspecified atom stereocenters. The number of allylic oxidation sites excluding steroid dienone is 1. The van der Waals surface area contributed by atoms with Crippen LogP contribution in [0.25, 0.3) is 64.5 Å². The molecule has 0 bridgehead atoms. The van der Waals surface area contributed by atoms with Crippen LogP contribution in [0.3, 0.4) is 0 Å². The fourth-order valence-corrected chi connectivity index (χ4v) is 8.83. The smallest absolute Gasteiger partial charge is 0.146 e. The number of aliphatic imine (C=N–C) groups is 1. The summed E-state index contributed by atoms with van der Waals surface area (Å²) in [5.74, 6) is 0. The van der Waals surface area contributed by atoms with Crippen LogP contribution in [-0.2, 0) is 0 Å². The molecule has 1 N–H and O–H groups in total. The molecule has 10 rings (SSSR count). The third-order valence-corrected chi connectivity index (χ3v) is 11.1. The molecule has 0 spiro atoms. The zero-order valence-electron chi connectivity index (χ0n) is 27.1. The highest BCUT2D eigenvalue weighted by molar-refractivity contribution is 7.26. The Labute approximate surface area is 294 Å². The molecule has 7 aromatic carbocycles. The number of nitrogens with zero attached hydrogens (tertiary/aromatic N) is 2. The minimum Gasteiger partial charge on any atom is -0.359 e. The van der Waals surface area contributed by atoms with Gasteiger partial charge in [0.2, 0.25) is 0 Å². The van der Waals surface area contributed by atoms with Crippen molar-refractivity contribution in [2.45, 2.75) is 6.17 Å². The van der Waals surface area contributed by atoms with Crippen LogP contribution in [0.5, 0.6) is 0 Å². The van der Waals surface area contributed by atoms with Gasteiger partial charge in [-0.25, -0.2) is 0 Å². The van der Waals surface area contributed by atoms with E-state index in [1.165, 1.54) is 64.4 Å². The lowest BCUT2D eigenvalue weighted by molar-refractivity contribution is 0.670. The van der Waals surface area contributed by atoms with Gasteiger partial charge in [-0.1, -0.05) is 140 Å². The largest absolute Gasteiger partial charge is 0.359 e. The third-order valence-electron chi connectivity index (χ3n) is 9.84. The van der Waals surface area contributed by atoms with E-state index in [4.69, 9.17) is 4.99 Å². The van der Waals surface area contributed by atoms with Crippen LogP contribution in [0.1, 0.15) is 22.9 Å². The van der Waals surface area contributed by atoms with E-state index in [-0.39, 0.29) is 6.17 Å². The van der Waals surface area contributed by atoms with E-state index in [1.54, 1.807) is 0 Å². The van der Waals surface area contributed by atoms with Gasteiger partial charge in [0.1, 0.15) is 6.17 Å². The quantitative estimate of drug-likeness (QED) is 0.196. The van der Waals surface area contributed by atoms with Gasteiger partial charge in [-0.15, -0.1) is 11.3 Å². The van der Waals surface area contributed by atoms with Crippen LogP contribution in [0.15, 0.2) is 181 Å². The Morgan fingerprint density at radius 1 is 0.540 bits per heavy atom. The first-order valence-corrected chi connectivity index (χ1v) is 17.8. The molecule has 1 atom stereocenters. The van der Waals surface area contributed by atoms with E-state index in [9.17, 15) is 0 Å². The second kappa shape index (κ2) is 11.7. The number of nitrogens with one attached hydrogen (secondary N) is 1. The number of fused-ring (bicyclic) bond motifs is 6. The molecule has 9 aromatic rings. The van der Waals surface area contributed by atoms with Crippen LogP contribution >= 0.6 is 11.3 Å². The number of rotatable bonds is 5. The van der Waals surface area contributed by atoms with Crippen molar-refractivity contribution in [2.24, 2.45) is 4.99 Å². The van der Waals surface area contributed by atoms with Crippen molar-refractivity contribution in [2.75, 3.05) is 0 Å². The summed E-state index contributed by atoms with van der Waals surface area (Å²) in [6.07, 6.45) is 1.95. The average molecular weight is 658 g/mol. The first-order chi connectivity index (χ1) is 24.8. The van der Waals surface area contributed by atoms with Crippen molar-refractivity contribution < 1.29 is 0 Å². The Bertz CT molecular complexity index is 2770. The van der Waals surface area contributed by atoms with Crippen molar-refractivity contribution in [3.05, 3.63) is 193 Å². The lowest BCUT2D eigenvalue weighted by Crippen LogP contribution is -2.24. The molecule has 4 heteroatoms. The molecule has 50 heavy (non-hydrogen) atoms. The van der Waals surface area contributed by atoms with Crippen molar-refractivity contribution >= 4 is 64.7 Å². The Morgan fingerprint density at radius 2 is 1.22 bits per heavy atom. The molecule has 0 saturated carbocycles. The number of hydrogen-bond acceptors (Lipinski definition) is 3. The summed E-state index contributed by atoms with van der Waals surface area (Å²) in [6.45, 7) is 0. The highest BCUT2D eigenvalue weighted by Crippen LogP contribution is 2.43. The highest BCUT2D eigenvalue weighted by Gasteiger charge is 2.23. The predicted octanol–water partition coefficient (Wildman–Crippen LogP) is 12.0. The lowest BCUT2D eigenvalue weighted by atomic mass is 9.98. The maximum Gasteiger partial charge on any atom is 0.146 e.